The molecule has 1 saturated heterocycles. The van der Waals surface area contributed by atoms with E-state index in [0.717, 1.165) is 32.7 Å². The number of likely N-dealkylation sites (N-methyl/N-ethyl adjacent to an activating group) is 1. The number of pyridine rings is 1. The van der Waals surface area contributed by atoms with E-state index in [1.165, 1.54) is 12.5 Å². The summed E-state index contributed by atoms with van der Waals surface area (Å²) in [5, 5.41) is 0. The van der Waals surface area contributed by atoms with Crippen LogP contribution in [0.4, 0.5) is 5.82 Å². The summed E-state index contributed by atoms with van der Waals surface area (Å²) >= 11 is 0. The van der Waals surface area contributed by atoms with E-state index in [2.05, 4.69) is 32.8 Å². The minimum atomic E-state index is 0.662. The van der Waals surface area contributed by atoms with Gasteiger partial charge in [0.15, 0.2) is 0 Å². The zero-order chi connectivity index (χ0) is 12.1. The van der Waals surface area contributed by atoms with E-state index in [9.17, 15) is 0 Å². The summed E-state index contributed by atoms with van der Waals surface area (Å²) in [5.41, 5.74) is 1.23. The molecule has 4 nitrogen and oxygen atoms in total. The molecule has 2 rings (SSSR count). The molecule has 0 amide bonds. The van der Waals surface area contributed by atoms with Crippen molar-refractivity contribution in [3.63, 3.8) is 0 Å². The number of rotatable bonds is 3. The Balaban J connectivity index is 1.90. The Kier molecular flexibility index (Phi) is 4.45. The molecule has 1 aliphatic rings. The Bertz CT molecular complexity index is 372. The topological polar surface area (TPSA) is 31.7 Å². The second kappa shape index (κ2) is 6.07. The first-order chi connectivity index (χ1) is 8.28. The quantitative estimate of drug-likeness (QED) is 0.700. The van der Waals surface area contributed by atoms with Crippen molar-refractivity contribution in [1.82, 2.24) is 14.8 Å². The Morgan fingerprint density at radius 1 is 1.35 bits per heavy atom. The van der Waals surface area contributed by atoms with Crippen LogP contribution >= 0.6 is 0 Å². The van der Waals surface area contributed by atoms with Gasteiger partial charge in [-0.2, -0.15) is 0 Å². The van der Waals surface area contributed by atoms with Gasteiger partial charge in [0, 0.05) is 0 Å². The Hall–Kier alpha value is -1.00. The van der Waals surface area contributed by atoms with Crippen molar-refractivity contribution in [3.8, 4) is 0 Å². The number of hydrogen-bond acceptors (Lipinski definition) is 4. The monoisotopic (exact) mass is 226 g/mol. The third-order valence-electron chi connectivity index (χ3n) is 3.02. The normalized spacial score (nSPS) is 18.4. The van der Waals surface area contributed by atoms with Crippen molar-refractivity contribution in [1.29, 1.82) is 0 Å². The number of hydrogen-bond donors (Lipinski definition) is 0. The van der Waals surface area contributed by atoms with Crippen LogP contribution in [0.2, 0.25) is 0 Å². The summed E-state index contributed by atoms with van der Waals surface area (Å²) in [6, 6.07) is 3.96. The Labute approximate surface area is 104 Å². The summed E-state index contributed by atoms with van der Waals surface area (Å²) in [7, 11) is 7.38. The molecule has 1 aromatic heterocycles. The van der Waals surface area contributed by atoms with Crippen LogP contribution in [-0.4, -0.2) is 62.7 Å². The zero-order valence-electron chi connectivity index (χ0n) is 10.2. The first kappa shape index (κ1) is 12.5. The Morgan fingerprint density at radius 3 is 2.71 bits per heavy atom. The molecular weight excluding hydrogens is 210 g/mol. The number of nitrogens with zero attached hydrogens (tertiary/aromatic N) is 4. The number of piperazine rings is 1. The molecule has 1 aliphatic heterocycles. The third kappa shape index (κ3) is 3.75. The van der Waals surface area contributed by atoms with Crippen LogP contribution in [-0.2, 0) is 6.54 Å². The molecule has 0 saturated carbocycles. The summed E-state index contributed by atoms with van der Waals surface area (Å²) in [5.74, 6) is 0.662. The first-order valence-corrected chi connectivity index (χ1v) is 5.88. The van der Waals surface area contributed by atoms with Crippen molar-refractivity contribution in [2.75, 3.05) is 33.2 Å². The second-order valence-corrected chi connectivity index (χ2v) is 4.38. The van der Waals surface area contributed by atoms with Crippen molar-refractivity contribution in [2.45, 2.75) is 6.54 Å². The fraction of sp³-hybridized carbons (Fsp3) is 0.545. The SMILES string of the molecule is [B]B=Nc1ccc(CN2CCN(C)CC2)cn1. The van der Waals surface area contributed by atoms with E-state index in [0.29, 0.717) is 5.82 Å². The summed E-state index contributed by atoms with van der Waals surface area (Å²) < 4.78 is 0. The van der Waals surface area contributed by atoms with Crippen LogP contribution < -0.4 is 0 Å². The molecule has 0 unspecified atom stereocenters. The van der Waals surface area contributed by atoms with Gasteiger partial charge in [-0.05, 0) is 0 Å². The fourth-order valence-electron chi connectivity index (χ4n) is 1.93. The predicted octanol–water partition coefficient (Wildman–Crippen LogP) is 0.432. The van der Waals surface area contributed by atoms with Gasteiger partial charge in [0.05, 0.1) is 0 Å². The van der Waals surface area contributed by atoms with Gasteiger partial charge >= 0.3 is 104 Å². The summed E-state index contributed by atoms with van der Waals surface area (Å²) in [4.78, 5) is 13.0. The van der Waals surface area contributed by atoms with E-state index in [1.54, 1.807) is 0 Å². The summed E-state index contributed by atoms with van der Waals surface area (Å²) in [6.45, 7) is 6.76. The van der Waals surface area contributed by atoms with Crippen molar-refractivity contribution in [3.05, 3.63) is 23.9 Å². The second-order valence-electron chi connectivity index (χ2n) is 4.38. The molecule has 0 N–H and O–H groups in total. The summed E-state index contributed by atoms with van der Waals surface area (Å²) in [6.07, 6.45) is 1.88. The van der Waals surface area contributed by atoms with Gasteiger partial charge in [0.1, 0.15) is 0 Å². The molecule has 0 aromatic carbocycles. The van der Waals surface area contributed by atoms with Gasteiger partial charge in [-0.25, -0.2) is 0 Å². The van der Waals surface area contributed by atoms with Crippen LogP contribution in [0.5, 0.6) is 0 Å². The van der Waals surface area contributed by atoms with Gasteiger partial charge in [-0.1, -0.05) is 0 Å². The maximum absolute atomic E-state index is 5.22. The van der Waals surface area contributed by atoms with Crippen molar-refractivity contribution < 1.29 is 0 Å². The molecular formula is C11H16B2N4. The first-order valence-electron chi connectivity index (χ1n) is 5.88. The van der Waals surface area contributed by atoms with Crippen LogP contribution in [0.3, 0.4) is 0 Å². The molecule has 1 aromatic rings. The molecule has 1 fully saturated rings. The third-order valence-corrected chi connectivity index (χ3v) is 3.02. The molecule has 0 spiro atoms. The van der Waals surface area contributed by atoms with Crippen LogP contribution in [0.25, 0.3) is 0 Å². The molecule has 2 radical (unpaired) electrons. The molecule has 0 aliphatic carbocycles. The molecule has 0 atom stereocenters. The van der Waals surface area contributed by atoms with E-state index >= 15 is 0 Å². The molecule has 6 heteroatoms. The molecule has 17 heavy (non-hydrogen) atoms. The van der Waals surface area contributed by atoms with E-state index in [4.69, 9.17) is 7.74 Å². The fourth-order valence-corrected chi connectivity index (χ4v) is 1.93. The van der Waals surface area contributed by atoms with Crippen molar-refractivity contribution >= 4 is 20.5 Å². The van der Waals surface area contributed by atoms with E-state index in [1.807, 2.05) is 12.3 Å². The van der Waals surface area contributed by atoms with Crippen molar-refractivity contribution in [2.24, 2.45) is 4.90 Å². The molecule has 2 heterocycles. The maximum atomic E-state index is 5.22. The van der Waals surface area contributed by atoms with E-state index in [-0.39, 0.29) is 0 Å². The van der Waals surface area contributed by atoms with Gasteiger partial charge in [-0.15, -0.1) is 0 Å². The van der Waals surface area contributed by atoms with Gasteiger partial charge < -0.3 is 0 Å². The van der Waals surface area contributed by atoms with E-state index < -0.39 is 0 Å². The zero-order valence-corrected chi connectivity index (χ0v) is 10.2. The predicted molar refractivity (Wildman–Crippen MR) is 70.6 cm³/mol. The average Bonchev–Trinajstić information content (AvgIpc) is 2.35. The van der Waals surface area contributed by atoms with Gasteiger partial charge in [-0.3, -0.25) is 0 Å². The number of aromatic nitrogens is 1. The Morgan fingerprint density at radius 2 is 2.12 bits per heavy atom. The molecule has 0 bridgehead atoms. The van der Waals surface area contributed by atoms with Gasteiger partial charge in [0.25, 0.3) is 0 Å². The minimum absolute atomic E-state index is 0.662. The van der Waals surface area contributed by atoms with Crippen LogP contribution in [0, 0.1) is 0 Å². The van der Waals surface area contributed by atoms with Crippen LogP contribution in [0.15, 0.2) is 23.2 Å². The molecule has 86 valence electrons. The standard InChI is InChI=1S/C11H16B2N4/c1-16-4-6-17(7-5-16)9-10-2-3-11(14-8-10)15-13-12/h2-3,8H,4-7,9H2,1H3. The van der Waals surface area contributed by atoms with Gasteiger partial charge in [0.2, 0.25) is 0 Å². The average molecular weight is 226 g/mol. The van der Waals surface area contributed by atoms with Crippen LogP contribution in [0.1, 0.15) is 5.56 Å².